The van der Waals surface area contributed by atoms with Gasteiger partial charge in [-0.2, -0.15) is 0 Å². The molecule has 0 aromatic heterocycles. The molecular formula is C13H19NOS. The van der Waals surface area contributed by atoms with Gasteiger partial charge in [0.15, 0.2) is 0 Å². The molecule has 0 aliphatic rings. The summed E-state index contributed by atoms with van der Waals surface area (Å²) in [5, 5.41) is 0. The minimum absolute atomic E-state index is 0.258. The summed E-state index contributed by atoms with van der Waals surface area (Å²) in [6.07, 6.45) is 0.258. The molecule has 0 radical (unpaired) electrons. The van der Waals surface area contributed by atoms with Crippen molar-refractivity contribution in [3.63, 3.8) is 0 Å². The lowest BCUT2D eigenvalue weighted by Gasteiger charge is -2.16. The zero-order chi connectivity index (χ0) is 12.1. The van der Waals surface area contributed by atoms with Crippen LogP contribution in [0, 0.1) is 5.92 Å². The van der Waals surface area contributed by atoms with Crippen LogP contribution in [-0.4, -0.2) is 11.1 Å². The fourth-order valence-corrected chi connectivity index (χ4v) is 1.36. The Morgan fingerprint density at radius 1 is 1.38 bits per heavy atom. The van der Waals surface area contributed by atoms with E-state index in [1.807, 2.05) is 24.3 Å². The van der Waals surface area contributed by atoms with Crippen LogP contribution >= 0.6 is 12.2 Å². The second-order valence-corrected chi connectivity index (χ2v) is 4.76. The first-order chi connectivity index (χ1) is 7.50. The van der Waals surface area contributed by atoms with Gasteiger partial charge in [-0.05, 0) is 24.5 Å². The predicted molar refractivity (Wildman–Crippen MR) is 71.4 cm³/mol. The average molecular weight is 237 g/mol. The Balaban J connectivity index is 2.61. The molecule has 1 aromatic rings. The molecular weight excluding hydrogens is 218 g/mol. The minimum atomic E-state index is 0.258. The summed E-state index contributed by atoms with van der Waals surface area (Å²) in [4.78, 5) is 0.429. The van der Waals surface area contributed by atoms with E-state index in [0.29, 0.717) is 17.5 Å². The number of hydrogen-bond donors (Lipinski definition) is 1. The van der Waals surface area contributed by atoms with Crippen molar-refractivity contribution in [2.75, 3.05) is 0 Å². The van der Waals surface area contributed by atoms with Gasteiger partial charge >= 0.3 is 0 Å². The minimum Gasteiger partial charge on any atom is -0.389 e. The molecule has 1 aromatic carbocycles. The van der Waals surface area contributed by atoms with Crippen LogP contribution in [0.25, 0.3) is 0 Å². The van der Waals surface area contributed by atoms with Gasteiger partial charge in [-0.1, -0.05) is 44.3 Å². The highest BCUT2D eigenvalue weighted by Crippen LogP contribution is 2.11. The molecule has 1 rings (SSSR count). The molecule has 0 amide bonds. The van der Waals surface area contributed by atoms with Crippen LogP contribution in [0.3, 0.4) is 0 Å². The maximum absolute atomic E-state index is 5.74. The van der Waals surface area contributed by atoms with Gasteiger partial charge in [-0.3, -0.25) is 0 Å². The molecule has 2 N–H and O–H groups in total. The summed E-state index contributed by atoms with van der Waals surface area (Å²) in [5.74, 6) is 0.527. The third kappa shape index (κ3) is 3.91. The first-order valence-corrected chi connectivity index (χ1v) is 5.92. The standard InChI is InChI=1S/C13H19NOS/c1-9(2)10(3)15-8-11-5-4-6-12(7-11)13(14)16/h4-7,9-10H,8H2,1-3H3,(H2,14,16). The molecule has 1 unspecified atom stereocenters. The average Bonchev–Trinajstić information content (AvgIpc) is 2.26. The van der Waals surface area contributed by atoms with Crippen molar-refractivity contribution in [2.24, 2.45) is 11.7 Å². The molecule has 0 aliphatic heterocycles. The van der Waals surface area contributed by atoms with Gasteiger partial charge in [-0.25, -0.2) is 0 Å². The summed E-state index contributed by atoms with van der Waals surface area (Å²) in [5.41, 5.74) is 7.58. The predicted octanol–water partition coefficient (Wildman–Crippen LogP) is 2.88. The maximum atomic E-state index is 5.74. The zero-order valence-corrected chi connectivity index (χ0v) is 10.9. The van der Waals surface area contributed by atoms with Crippen molar-refractivity contribution in [3.05, 3.63) is 35.4 Å². The molecule has 0 saturated heterocycles. The van der Waals surface area contributed by atoms with Crippen LogP contribution in [0.4, 0.5) is 0 Å². The lowest BCUT2D eigenvalue weighted by atomic mass is 10.1. The van der Waals surface area contributed by atoms with E-state index >= 15 is 0 Å². The van der Waals surface area contributed by atoms with Crippen LogP contribution < -0.4 is 5.73 Å². The lowest BCUT2D eigenvalue weighted by molar-refractivity contribution is 0.0235. The summed E-state index contributed by atoms with van der Waals surface area (Å²) in [6.45, 7) is 6.99. The highest BCUT2D eigenvalue weighted by Gasteiger charge is 2.07. The molecule has 1 atom stereocenters. The van der Waals surface area contributed by atoms with E-state index in [9.17, 15) is 0 Å². The normalized spacial score (nSPS) is 12.8. The Kier molecular flexibility index (Phi) is 4.90. The van der Waals surface area contributed by atoms with Crippen molar-refractivity contribution in [3.8, 4) is 0 Å². The van der Waals surface area contributed by atoms with E-state index in [4.69, 9.17) is 22.7 Å². The second-order valence-electron chi connectivity index (χ2n) is 4.32. The van der Waals surface area contributed by atoms with Crippen LogP contribution in [0.15, 0.2) is 24.3 Å². The van der Waals surface area contributed by atoms with Crippen LogP contribution in [0.5, 0.6) is 0 Å². The number of thiocarbonyl (C=S) groups is 1. The topological polar surface area (TPSA) is 35.2 Å². The fraction of sp³-hybridized carbons (Fsp3) is 0.462. The summed E-state index contributed by atoms with van der Waals surface area (Å²) in [7, 11) is 0. The quantitative estimate of drug-likeness (QED) is 0.800. The van der Waals surface area contributed by atoms with Crippen molar-refractivity contribution >= 4 is 17.2 Å². The summed E-state index contributed by atoms with van der Waals surface area (Å²) < 4.78 is 5.74. The Bertz CT molecular complexity index is 363. The van der Waals surface area contributed by atoms with Crippen LogP contribution in [0.2, 0.25) is 0 Å². The first-order valence-electron chi connectivity index (χ1n) is 5.51. The molecule has 16 heavy (non-hydrogen) atoms. The largest absolute Gasteiger partial charge is 0.389 e. The van der Waals surface area contributed by atoms with Gasteiger partial charge in [0.1, 0.15) is 4.99 Å². The molecule has 0 bridgehead atoms. The number of benzene rings is 1. The third-order valence-corrected chi connectivity index (χ3v) is 2.90. The van der Waals surface area contributed by atoms with E-state index < -0.39 is 0 Å². The molecule has 88 valence electrons. The van der Waals surface area contributed by atoms with Crippen molar-refractivity contribution < 1.29 is 4.74 Å². The van der Waals surface area contributed by atoms with Crippen molar-refractivity contribution in [1.29, 1.82) is 0 Å². The number of nitrogens with two attached hydrogens (primary N) is 1. The van der Waals surface area contributed by atoms with Gasteiger partial charge in [0.2, 0.25) is 0 Å². The molecule has 0 spiro atoms. The smallest absolute Gasteiger partial charge is 0.103 e. The number of rotatable bonds is 5. The first kappa shape index (κ1) is 13.1. The Morgan fingerprint density at radius 3 is 2.62 bits per heavy atom. The second kappa shape index (κ2) is 5.97. The highest BCUT2D eigenvalue weighted by atomic mass is 32.1. The Morgan fingerprint density at radius 2 is 2.06 bits per heavy atom. The number of ether oxygens (including phenoxy) is 1. The number of hydrogen-bond acceptors (Lipinski definition) is 2. The molecule has 0 fully saturated rings. The SMILES string of the molecule is CC(C)C(C)OCc1cccc(C(N)=S)c1. The van der Waals surface area contributed by atoms with Gasteiger partial charge in [0, 0.05) is 5.56 Å². The molecule has 2 nitrogen and oxygen atoms in total. The zero-order valence-electron chi connectivity index (χ0n) is 10.1. The maximum Gasteiger partial charge on any atom is 0.103 e. The molecule has 3 heteroatoms. The van der Waals surface area contributed by atoms with Crippen molar-refractivity contribution in [1.82, 2.24) is 0 Å². The fourth-order valence-electron chi connectivity index (χ4n) is 1.23. The van der Waals surface area contributed by atoms with E-state index in [2.05, 4.69) is 20.8 Å². The van der Waals surface area contributed by atoms with Crippen LogP contribution in [0.1, 0.15) is 31.9 Å². The molecule has 0 saturated carbocycles. The van der Waals surface area contributed by atoms with Gasteiger partial charge in [0.05, 0.1) is 12.7 Å². The molecule has 0 heterocycles. The van der Waals surface area contributed by atoms with Crippen LogP contribution in [-0.2, 0) is 11.3 Å². The van der Waals surface area contributed by atoms with E-state index in [0.717, 1.165) is 11.1 Å². The molecule has 0 aliphatic carbocycles. The summed E-state index contributed by atoms with van der Waals surface area (Å²) in [6, 6.07) is 7.87. The van der Waals surface area contributed by atoms with E-state index in [1.165, 1.54) is 0 Å². The highest BCUT2D eigenvalue weighted by molar-refractivity contribution is 7.80. The third-order valence-electron chi connectivity index (χ3n) is 2.66. The van der Waals surface area contributed by atoms with Gasteiger partial charge in [-0.15, -0.1) is 0 Å². The van der Waals surface area contributed by atoms with Gasteiger partial charge in [0.25, 0.3) is 0 Å². The van der Waals surface area contributed by atoms with Gasteiger partial charge < -0.3 is 10.5 Å². The van der Waals surface area contributed by atoms with E-state index in [1.54, 1.807) is 0 Å². The van der Waals surface area contributed by atoms with E-state index in [-0.39, 0.29) is 6.10 Å². The lowest BCUT2D eigenvalue weighted by Crippen LogP contribution is -2.15. The summed E-state index contributed by atoms with van der Waals surface area (Å²) >= 11 is 4.94. The monoisotopic (exact) mass is 237 g/mol. The van der Waals surface area contributed by atoms with Crippen molar-refractivity contribution in [2.45, 2.75) is 33.5 Å². The Labute approximate surface area is 103 Å². The Hall–Kier alpha value is -0.930.